The number of nitrogens with one attached hydrogen (secondary N) is 1. The first-order chi connectivity index (χ1) is 8.22. The van der Waals surface area contributed by atoms with E-state index in [0.29, 0.717) is 23.4 Å². The van der Waals surface area contributed by atoms with Crippen LogP contribution in [0.3, 0.4) is 0 Å². The molecule has 2 rings (SSSR count). The summed E-state index contributed by atoms with van der Waals surface area (Å²) in [6.45, 7) is 0. The number of hydrogen-bond acceptors (Lipinski definition) is 4. The quantitative estimate of drug-likeness (QED) is 0.369. The van der Waals surface area contributed by atoms with E-state index < -0.39 is 4.92 Å². The minimum Gasteiger partial charge on any atom is -0.269 e. The minimum atomic E-state index is -0.444. The number of hydrogen-bond donors (Lipinski definition) is 2. The molecule has 6 heteroatoms. The Balaban J connectivity index is 2.42. The third-order valence-corrected chi connectivity index (χ3v) is 2.42. The third kappa shape index (κ3) is 2.40. The summed E-state index contributed by atoms with van der Waals surface area (Å²) < 4.78 is 0. The van der Waals surface area contributed by atoms with E-state index >= 15 is 0 Å². The summed E-state index contributed by atoms with van der Waals surface area (Å²) in [6.07, 6.45) is 0.691. The molecule has 5 nitrogen and oxygen atoms in total. The van der Waals surface area contributed by atoms with Crippen molar-refractivity contribution in [3.05, 3.63) is 34.0 Å². The van der Waals surface area contributed by atoms with Crippen molar-refractivity contribution in [2.75, 3.05) is 5.75 Å². The van der Waals surface area contributed by atoms with Crippen LogP contribution in [0.15, 0.2) is 18.2 Å². The summed E-state index contributed by atoms with van der Waals surface area (Å²) in [7, 11) is 0. The van der Waals surface area contributed by atoms with Gasteiger partial charge in [-0.1, -0.05) is 5.92 Å². The van der Waals surface area contributed by atoms with E-state index in [9.17, 15) is 10.1 Å². The van der Waals surface area contributed by atoms with Gasteiger partial charge in [-0.3, -0.25) is 15.2 Å². The van der Waals surface area contributed by atoms with Crippen LogP contribution in [-0.2, 0) is 0 Å². The molecule has 0 saturated carbocycles. The number of nitrogens with zero attached hydrogens (tertiary/aromatic N) is 2. The zero-order valence-electron chi connectivity index (χ0n) is 8.80. The van der Waals surface area contributed by atoms with Crippen LogP contribution in [-0.4, -0.2) is 20.9 Å². The first kappa shape index (κ1) is 11.5. The second-order valence-electron chi connectivity index (χ2n) is 3.33. The molecule has 1 heterocycles. The fraction of sp³-hybridized carbons (Fsp3) is 0.182. The predicted molar refractivity (Wildman–Crippen MR) is 68.1 cm³/mol. The van der Waals surface area contributed by atoms with Crippen molar-refractivity contribution in [2.24, 2.45) is 0 Å². The fourth-order valence-corrected chi connectivity index (χ4v) is 1.53. The van der Waals surface area contributed by atoms with Crippen molar-refractivity contribution in [3.8, 4) is 11.8 Å². The van der Waals surface area contributed by atoms with Crippen molar-refractivity contribution in [1.82, 2.24) is 10.2 Å². The molecule has 17 heavy (non-hydrogen) atoms. The Morgan fingerprint density at radius 1 is 1.53 bits per heavy atom. The molecule has 0 amide bonds. The summed E-state index contributed by atoms with van der Waals surface area (Å²) >= 11 is 4.06. The Hall–Kier alpha value is -2.00. The van der Waals surface area contributed by atoms with Crippen LogP contribution >= 0.6 is 12.6 Å². The number of non-ortho nitro benzene ring substituents is 1. The van der Waals surface area contributed by atoms with Crippen LogP contribution in [0.4, 0.5) is 5.69 Å². The second-order valence-corrected chi connectivity index (χ2v) is 3.78. The summed E-state index contributed by atoms with van der Waals surface area (Å²) in [4.78, 5) is 10.1. The zero-order chi connectivity index (χ0) is 12.3. The molecule has 0 aliphatic carbocycles. The van der Waals surface area contributed by atoms with Gasteiger partial charge in [0.25, 0.3) is 5.69 Å². The normalized spacial score (nSPS) is 9.94. The van der Waals surface area contributed by atoms with E-state index in [0.717, 1.165) is 5.39 Å². The van der Waals surface area contributed by atoms with Crippen molar-refractivity contribution in [3.63, 3.8) is 0 Å². The van der Waals surface area contributed by atoms with Gasteiger partial charge >= 0.3 is 0 Å². The highest BCUT2D eigenvalue weighted by Crippen LogP contribution is 2.20. The van der Waals surface area contributed by atoms with Gasteiger partial charge in [-0.05, 0) is 12.0 Å². The number of nitro groups is 1. The molecule has 1 aromatic carbocycles. The van der Waals surface area contributed by atoms with Crippen molar-refractivity contribution in [2.45, 2.75) is 6.42 Å². The van der Waals surface area contributed by atoms with E-state index in [2.05, 4.69) is 34.7 Å². The molecule has 0 aliphatic rings. The Bertz CT molecular complexity index is 624. The minimum absolute atomic E-state index is 0.0267. The van der Waals surface area contributed by atoms with E-state index in [1.165, 1.54) is 12.1 Å². The second kappa shape index (κ2) is 4.89. The number of nitro benzene ring substituents is 1. The SMILES string of the molecule is O=[N+]([O-])c1ccc2c(C#CCCS)[nH]nc2c1. The molecular formula is C11H9N3O2S. The lowest BCUT2D eigenvalue weighted by atomic mass is 10.2. The van der Waals surface area contributed by atoms with E-state index in [4.69, 9.17) is 0 Å². The Morgan fingerprint density at radius 3 is 3.06 bits per heavy atom. The van der Waals surface area contributed by atoms with Crippen LogP contribution in [0.25, 0.3) is 10.9 Å². The van der Waals surface area contributed by atoms with Crippen molar-refractivity contribution >= 4 is 29.2 Å². The van der Waals surface area contributed by atoms with Crippen LogP contribution in [0.2, 0.25) is 0 Å². The molecule has 1 N–H and O–H groups in total. The predicted octanol–water partition coefficient (Wildman–Crippen LogP) is 2.14. The van der Waals surface area contributed by atoms with E-state index in [1.807, 2.05) is 0 Å². The van der Waals surface area contributed by atoms with Gasteiger partial charge in [0.1, 0.15) is 11.2 Å². The molecule has 0 saturated heterocycles. The van der Waals surface area contributed by atoms with Crippen LogP contribution in [0, 0.1) is 22.0 Å². The summed E-state index contributed by atoms with van der Waals surface area (Å²) in [5.74, 6) is 6.56. The third-order valence-electron chi connectivity index (χ3n) is 2.20. The highest BCUT2D eigenvalue weighted by Gasteiger charge is 2.09. The molecule has 2 aromatic rings. The van der Waals surface area contributed by atoms with Gasteiger partial charge in [0.2, 0.25) is 0 Å². The van der Waals surface area contributed by atoms with Crippen LogP contribution in [0.1, 0.15) is 12.1 Å². The number of H-pyrrole nitrogens is 1. The molecule has 0 unspecified atom stereocenters. The first-order valence-corrected chi connectivity index (χ1v) is 5.58. The number of thiol groups is 1. The molecule has 0 aliphatic heterocycles. The van der Waals surface area contributed by atoms with Gasteiger partial charge in [0, 0.05) is 29.7 Å². The zero-order valence-corrected chi connectivity index (χ0v) is 9.70. The first-order valence-electron chi connectivity index (χ1n) is 4.94. The number of benzene rings is 1. The molecule has 0 fully saturated rings. The molecule has 0 atom stereocenters. The van der Waals surface area contributed by atoms with E-state index in [-0.39, 0.29) is 5.69 Å². The number of fused-ring (bicyclic) bond motifs is 1. The van der Waals surface area contributed by atoms with E-state index in [1.54, 1.807) is 6.07 Å². The lowest BCUT2D eigenvalue weighted by molar-refractivity contribution is -0.384. The molecule has 86 valence electrons. The molecule has 0 radical (unpaired) electrons. The lowest BCUT2D eigenvalue weighted by Crippen LogP contribution is -1.86. The Kier molecular flexibility index (Phi) is 3.30. The van der Waals surface area contributed by atoms with Gasteiger partial charge in [0.05, 0.1) is 4.92 Å². The number of rotatable bonds is 2. The molecule has 1 aromatic heterocycles. The number of aromatic amines is 1. The molecular weight excluding hydrogens is 238 g/mol. The monoisotopic (exact) mass is 247 g/mol. The maximum Gasteiger partial charge on any atom is 0.271 e. The standard InChI is InChI=1S/C11H9N3O2S/c15-14(16)8-4-5-9-10(3-1-2-6-17)12-13-11(9)7-8/h4-5,7,17H,2,6H2,(H,12,13). The molecule has 0 bridgehead atoms. The largest absolute Gasteiger partial charge is 0.271 e. The Morgan fingerprint density at radius 2 is 2.35 bits per heavy atom. The average molecular weight is 247 g/mol. The fourth-order valence-electron chi connectivity index (χ4n) is 1.42. The summed E-state index contributed by atoms with van der Waals surface area (Å²) in [6, 6.07) is 4.53. The topological polar surface area (TPSA) is 71.8 Å². The van der Waals surface area contributed by atoms with Crippen molar-refractivity contribution < 1.29 is 4.92 Å². The van der Waals surface area contributed by atoms with Gasteiger partial charge in [0.15, 0.2) is 0 Å². The van der Waals surface area contributed by atoms with Gasteiger partial charge < -0.3 is 0 Å². The van der Waals surface area contributed by atoms with Crippen molar-refractivity contribution in [1.29, 1.82) is 0 Å². The smallest absolute Gasteiger partial charge is 0.269 e. The lowest BCUT2D eigenvalue weighted by Gasteiger charge is -1.90. The van der Waals surface area contributed by atoms with Gasteiger partial charge in [-0.2, -0.15) is 17.7 Å². The number of aromatic nitrogens is 2. The highest BCUT2D eigenvalue weighted by molar-refractivity contribution is 7.80. The highest BCUT2D eigenvalue weighted by atomic mass is 32.1. The summed E-state index contributed by atoms with van der Waals surface area (Å²) in [5, 5.41) is 18.1. The Labute approximate surface area is 103 Å². The maximum atomic E-state index is 10.6. The molecule has 0 spiro atoms. The average Bonchev–Trinajstić information content (AvgIpc) is 2.72. The van der Waals surface area contributed by atoms with Gasteiger partial charge in [-0.25, -0.2) is 0 Å². The van der Waals surface area contributed by atoms with Crippen LogP contribution in [0.5, 0.6) is 0 Å². The summed E-state index contributed by atoms with van der Waals surface area (Å²) in [5.41, 5.74) is 1.25. The maximum absolute atomic E-state index is 10.6. The van der Waals surface area contributed by atoms with Crippen LogP contribution < -0.4 is 0 Å². The van der Waals surface area contributed by atoms with Gasteiger partial charge in [-0.15, -0.1) is 0 Å².